The number of aryl methyl sites for hydroxylation is 1. The molecule has 0 saturated heterocycles. The van der Waals surface area contributed by atoms with Gasteiger partial charge < -0.3 is 16.4 Å². The zero-order chi connectivity index (χ0) is 17.5. The van der Waals surface area contributed by atoms with Crippen LogP contribution in [-0.2, 0) is 4.79 Å². The highest BCUT2D eigenvalue weighted by Gasteiger charge is 2.09. The Labute approximate surface area is 140 Å². The number of carbonyl (C=O) groups excluding carboxylic acids is 3. The number of primary amides is 1. The van der Waals surface area contributed by atoms with E-state index in [-0.39, 0.29) is 24.5 Å². The van der Waals surface area contributed by atoms with Crippen molar-refractivity contribution < 1.29 is 14.4 Å². The Morgan fingerprint density at radius 1 is 0.833 bits per heavy atom. The molecule has 0 aliphatic carbocycles. The molecule has 2 aromatic carbocycles. The number of nitrogens with one attached hydrogen (secondary N) is 2. The number of carbonyl (C=O) groups is 3. The number of hydrogen-bond donors (Lipinski definition) is 3. The number of nitrogens with two attached hydrogens (primary N) is 1. The van der Waals surface area contributed by atoms with Crippen LogP contribution >= 0.6 is 0 Å². The van der Waals surface area contributed by atoms with Gasteiger partial charge in [-0.15, -0.1) is 0 Å². The van der Waals surface area contributed by atoms with Crippen molar-refractivity contribution in [1.29, 1.82) is 0 Å². The van der Waals surface area contributed by atoms with Gasteiger partial charge in [-0.1, -0.05) is 29.8 Å². The molecule has 0 bridgehead atoms. The quantitative estimate of drug-likeness (QED) is 0.711. The number of urea groups is 1. The molecule has 0 heterocycles. The number of benzene rings is 2. The topological polar surface area (TPSA) is 101 Å². The summed E-state index contributed by atoms with van der Waals surface area (Å²) in [6.45, 7) is 1.95. The first-order chi connectivity index (χ1) is 11.4. The fourth-order valence-corrected chi connectivity index (χ4v) is 2.11. The lowest BCUT2D eigenvalue weighted by Gasteiger charge is -2.07. The molecule has 0 spiro atoms. The number of amides is 3. The van der Waals surface area contributed by atoms with E-state index < -0.39 is 6.03 Å². The summed E-state index contributed by atoms with van der Waals surface area (Å²) in [6, 6.07) is 13.1. The Morgan fingerprint density at radius 3 is 1.92 bits per heavy atom. The maximum absolute atomic E-state index is 12.0. The van der Waals surface area contributed by atoms with Crippen molar-refractivity contribution in [2.75, 3.05) is 10.6 Å². The molecule has 0 aromatic heterocycles. The molecule has 0 atom stereocenters. The van der Waals surface area contributed by atoms with Crippen LogP contribution in [0.15, 0.2) is 48.5 Å². The lowest BCUT2D eigenvalue weighted by Crippen LogP contribution is -2.19. The van der Waals surface area contributed by atoms with E-state index in [0.717, 1.165) is 5.56 Å². The second-order valence-electron chi connectivity index (χ2n) is 5.40. The van der Waals surface area contributed by atoms with Gasteiger partial charge in [0.05, 0.1) is 0 Å². The van der Waals surface area contributed by atoms with Gasteiger partial charge in [0, 0.05) is 29.8 Å². The first-order valence-corrected chi connectivity index (χ1v) is 7.50. The van der Waals surface area contributed by atoms with Crippen molar-refractivity contribution >= 4 is 29.1 Å². The van der Waals surface area contributed by atoms with Crippen molar-refractivity contribution in [2.24, 2.45) is 5.73 Å². The molecule has 0 saturated carbocycles. The summed E-state index contributed by atoms with van der Waals surface area (Å²) in [5.74, 6) is -0.308. The van der Waals surface area contributed by atoms with Crippen LogP contribution in [0.1, 0.15) is 28.8 Å². The third kappa shape index (κ3) is 5.24. The fourth-order valence-electron chi connectivity index (χ4n) is 2.11. The molecule has 0 fully saturated rings. The Morgan fingerprint density at radius 2 is 1.38 bits per heavy atom. The van der Waals surface area contributed by atoms with Crippen molar-refractivity contribution in [3.63, 3.8) is 0 Å². The summed E-state index contributed by atoms with van der Waals surface area (Å²) in [7, 11) is 0. The van der Waals surface area contributed by atoms with Gasteiger partial charge in [-0.05, 0) is 31.2 Å². The number of Topliss-reactive ketones (excluding diaryl/α,β-unsaturated/α-hetero) is 1. The van der Waals surface area contributed by atoms with Gasteiger partial charge >= 0.3 is 6.03 Å². The van der Waals surface area contributed by atoms with Crippen molar-refractivity contribution in [1.82, 2.24) is 0 Å². The summed E-state index contributed by atoms with van der Waals surface area (Å²) in [4.78, 5) is 34.7. The molecule has 124 valence electrons. The third-order valence-corrected chi connectivity index (χ3v) is 3.39. The zero-order valence-electron chi connectivity index (χ0n) is 13.3. The van der Waals surface area contributed by atoms with E-state index in [4.69, 9.17) is 5.73 Å². The average molecular weight is 325 g/mol. The van der Waals surface area contributed by atoms with Gasteiger partial charge in [-0.3, -0.25) is 9.59 Å². The molecule has 0 unspecified atom stereocenters. The third-order valence-electron chi connectivity index (χ3n) is 3.39. The lowest BCUT2D eigenvalue weighted by atomic mass is 10.0. The number of anilines is 2. The normalized spacial score (nSPS) is 10.0. The monoisotopic (exact) mass is 325 g/mol. The second-order valence-corrected chi connectivity index (χ2v) is 5.40. The fraction of sp³-hybridized carbons (Fsp3) is 0.167. The van der Waals surface area contributed by atoms with Gasteiger partial charge in [0.2, 0.25) is 5.91 Å². The first-order valence-electron chi connectivity index (χ1n) is 7.50. The molecule has 0 aliphatic heterocycles. The van der Waals surface area contributed by atoms with Gasteiger partial charge in [-0.2, -0.15) is 0 Å². The average Bonchev–Trinajstić information content (AvgIpc) is 2.54. The Hall–Kier alpha value is -3.15. The Bertz CT molecular complexity index is 737. The van der Waals surface area contributed by atoms with E-state index in [2.05, 4.69) is 10.6 Å². The maximum Gasteiger partial charge on any atom is 0.316 e. The highest BCUT2D eigenvalue weighted by atomic mass is 16.2. The van der Waals surface area contributed by atoms with Crippen molar-refractivity contribution in [3.8, 4) is 0 Å². The van der Waals surface area contributed by atoms with E-state index in [9.17, 15) is 14.4 Å². The van der Waals surface area contributed by atoms with Crippen LogP contribution in [0.2, 0.25) is 0 Å². The molecule has 3 amide bonds. The van der Waals surface area contributed by atoms with Gasteiger partial charge in [0.15, 0.2) is 5.78 Å². The van der Waals surface area contributed by atoms with Crippen LogP contribution in [0.4, 0.5) is 16.2 Å². The van der Waals surface area contributed by atoms with E-state index in [1.807, 2.05) is 19.1 Å². The zero-order valence-corrected chi connectivity index (χ0v) is 13.3. The number of hydrogen-bond acceptors (Lipinski definition) is 3. The molecule has 6 nitrogen and oxygen atoms in total. The molecular weight excluding hydrogens is 306 g/mol. The van der Waals surface area contributed by atoms with E-state index in [1.54, 1.807) is 36.4 Å². The minimum atomic E-state index is -0.651. The predicted octanol–water partition coefficient (Wildman–Crippen LogP) is 3.09. The minimum absolute atomic E-state index is 0.0637. The van der Waals surface area contributed by atoms with E-state index in [1.165, 1.54) is 0 Å². The lowest BCUT2D eigenvalue weighted by molar-refractivity contribution is -0.116. The Kier molecular flexibility index (Phi) is 5.68. The van der Waals surface area contributed by atoms with Crippen LogP contribution < -0.4 is 16.4 Å². The summed E-state index contributed by atoms with van der Waals surface area (Å²) >= 11 is 0. The number of rotatable bonds is 6. The van der Waals surface area contributed by atoms with Crippen LogP contribution in [0.5, 0.6) is 0 Å². The molecule has 0 radical (unpaired) electrons. The van der Waals surface area contributed by atoms with E-state index >= 15 is 0 Å². The highest BCUT2D eigenvalue weighted by Crippen LogP contribution is 2.14. The van der Waals surface area contributed by atoms with Gasteiger partial charge in [0.25, 0.3) is 0 Å². The number of ketones is 1. The minimum Gasteiger partial charge on any atom is -0.351 e. The summed E-state index contributed by atoms with van der Waals surface area (Å²) in [5, 5.41) is 5.13. The second kappa shape index (κ2) is 7.92. The summed E-state index contributed by atoms with van der Waals surface area (Å²) < 4.78 is 0. The van der Waals surface area contributed by atoms with Gasteiger partial charge in [-0.25, -0.2) is 4.79 Å². The van der Waals surface area contributed by atoms with Crippen LogP contribution in [0.3, 0.4) is 0 Å². The summed E-state index contributed by atoms with van der Waals surface area (Å²) in [5.41, 5.74) is 7.82. The first kappa shape index (κ1) is 17.2. The maximum atomic E-state index is 12.0. The van der Waals surface area contributed by atoms with E-state index in [0.29, 0.717) is 16.9 Å². The molecule has 0 aliphatic rings. The largest absolute Gasteiger partial charge is 0.351 e. The van der Waals surface area contributed by atoms with Crippen LogP contribution in [0, 0.1) is 6.92 Å². The standard InChI is InChI=1S/C18H19N3O3/c1-12-2-4-13(5-3-12)16(22)10-11-17(23)20-14-6-8-15(9-7-14)21-18(19)24/h2-9H,10-11H2,1H3,(H,20,23)(H3,19,21,24). The molecule has 2 aromatic rings. The van der Waals surface area contributed by atoms with Crippen molar-refractivity contribution in [3.05, 3.63) is 59.7 Å². The van der Waals surface area contributed by atoms with Crippen LogP contribution in [-0.4, -0.2) is 17.7 Å². The summed E-state index contributed by atoms with van der Waals surface area (Å²) in [6.07, 6.45) is 0.254. The van der Waals surface area contributed by atoms with Crippen LogP contribution in [0.25, 0.3) is 0 Å². The predicted molar refractivity (Wildman–Crippen MR) is 93.0 cm³/mol. The molecular formula is C18H19N3O3. The molecule has 4 N–H and O–H groups in total. The molecule has 24 heavy (non-hydrogen) atoms. The highest BCUT2D eigenvalue weighted by molar-refractivity contribution is 6.00. The molecule has 2 rings (SSSR count). The SMILES string of the molecule is Cc1ccc(C(=O)CCC(=O)Nc2ccc(NC(N)=O)cc2)cc1. The van der Waals surface area contributed by atoms with Crippen molar-refractivity contribution in [2.45, 2.75) is 19.8 Å². The Balaban J connectivity index is 1.83. The molecule has 6 heteroatoms. The smallest absolute Gasteiger partial charge is 0.316 e. The van der Waals surface area contributed by atoms with Gasteiger partial charge in [0.1, 0.15) is 0 Å².